The van der Waals surface area contributed by atoms with Crippen LogP contribution >= 0.6 is 0 Å². The van der Waals surface area contributed by atoms with Crippen LogP contribution in [0.2, 0.25) is 0 Å². The smallest absolute Gasteiger partial charge is 0.349 e. The summed E-state index contributed by atoms with van der Waals surface area (Å²) < 4.78 is 10.8. The zero-order valence-corrected chi connectivity index (χ0v) is 14.3. The van der Waals surface area contributed by atoms with E-state index in [1.54, 1.807) is 0 Å². The summed E-state index contributed by atoms with van der Waals surface area (Å²) in [6.07, 6.45) is 3.27. The molecule has 0 aromatic heterocycles. The third kappa shape index (κ3) is 3.85. The number of hydrogen-bond donors (Lipinski definition) is 0. The van der Waals surface area contributed by atoms with Crippen LogP contribution in [-0.2, 0) is 11.2 Å². The fourth-order valence-corrected chi connectivity index (χ4v) is 3.17. The predicted octanol–water partition coefficient (Wildman–Crippen LogP) is 4.66. The van der Waals surface area contributed by atoms with Gasteiger partial charge in [0.1, 0.15) is 11.5 Å². The molecule has 3 rings (SSSR count). The first-order valence-electron chi connectivity index (χ1n) is 8.14. The fraction of sp³-hybridized carbons (Fsp3) is 0.286. The van der Waals surface area contributed by atoms with E-state index in [1.807, 2.05) is 48.5 Å². The molecule has 2 aromatic carbocycles. The highest BCUT2D eigenvalue weighted by Gasteiger charge is 2.24. The van der Waals surface area contributed by atoms with Gasteiger partial charge in [-0.15, -0.1) is 0 Å². The van der Waals surface area contributed by atoms with Crippen molar-refractivity contribution in [3.63, 3.8) is 0 Å². The lowest BCUT2D eigenvalue weighted by molar-refractivity contribution is -0.136. The van der Waals surface area contributed by atoms with Gasteiger partial charge in [0.05, 0.1) is 0 Å². The van der Waals surface area contributed by atoms with Crippen molar-refractivity contribution >= 4 is 11.5 Å². The van der Waals surface area contributed by atoms with Crippen molar-refractivity contribution in [1.29, 1.82) is 0 Å². The SMILES string of the molecule is CC1=CC(C)(C)Cc2ccc(OC(=O)COc3ccccc3)cc21. The molecule has 0 aliphatic heterocycles. The minimum atomic E-state index is -0.406. The molecule has 0 heterocycles. The predicted molar refractivity (Wildman–Crippen MR) is 95.2 cm³/mol. The van der Waals surface area contributed by atoms with Crippen LogP contribution in [0.25, 0.3) is 5.57 Å². The van der Waals surface area contributed by atoms with Crippen molar-refractivity contribution in [2.45, 2.75) is 27.2 Å². The van der Waals surface area contributed by atoms with Gasteiger partial charge in [-0.1, -0.05) is 44.2 Å². The number of rotatable bonds is 4. The molecule has 0 bridgehead atoms. The van der Waals surface area contributed by atoms with Crippen molar-refractivity contribution < 1.29 is 14.3 Å². The first-order valence-corrected chi connectivity index (χ1v) is 8.14. The lowest BCUT2D eigenvalue weighted by Crippen LogP contribution is -2.19. The molecule has 0 N–H and O–H groups in total. The fourth-order valence-electron chi connectivity index (χ4n) is 3.17. The lowest BCUT2D eigenvalue weighted by Gasteiger charge is -2.29. The summed E-state index contributed by atoms with van der Waals surface area (Å²) in [5, 5.41) is 0. The number of carbonyl (C=O) groups is 1. The second-order valence-corrected chi connectivity index (χ2v) is 6.89. The maximum Gasteiger partial charge on any atom is 0.349 e. The Morgan fingerprint density at radius 3 is 2.58 bits per heavy atom. The normalized spacial score (nSPS) is 15.2. The van der Waals surface area contributed by atoms with Crippen LogP contribution in [-0.4, -0.2) is 12.6 Å². The Bertz CT molecular complexity index is 773. The van der Waals surface area contributed by atoms with Gasteiger partial charge in [0.2, 0.25) is 0 Å². The summed E-state index contributed by atoms with van der Waals surface area (Å²) in [7, 11) is 0. The Morgan fingerprint density at radius 1 is 1.08 bits per heavy atom. The Morgan fingerprint density at radius 2 is 1.83 bits per heavy atom. The van der Waals surface area contributed by atoms with Crippen molar-refractivity contribution in [3.8, 4) is 11.5 Å². The molecule has 0 spiro atoms. The van der Waals surface area contributed by atoms with E-state index in [1.165, 1.54) is 11.1 Å². The van der Waals surface area contributed by atoms with Gasteiger partial charge in [-0.2, -0.15) is 0 Å². The summed E-state index contributed by atoms with van der Waals surface area (Å²) in [5.41, 5.74) is 3.84. The Labute approximate surface area is 142 Å². The zero-order chi connectivity index (χ0) is 17.2. The van der Waals surface area contributed by atoms with E-state index in [4.69, 9.17) is 9.47 Å². The van der Waals surface area contributed by atoms with E-state index in [2.05, 4.69) is 26.8 Å². The summed E-state index contributed by atoms with van der Waals surface area (Å²) in [5.74, 6) is 0.806. The van der Waals surface area contributed by atoms with Crippen molar-refractivity contribution in [2.24, 2.45) is 5.41 Å². The van der Waals surface area contributed by atoms with Crippen LogP contribution < -0.4 is 9.47 Å². The molecule has 0 radical (unpaired) electrons. The highest BCUT2D eigenvalue weighted by molar-refractivity contribution is 5.76. The van der Waals surface area contributed by atoms with Crippen LogP contribution in [0, 0.1) is 5.41 Å². The van der Waals surface area contributed by atoms with Gasteiger partial charge in [0.15, 0.2) is 6.61 Å². The minimum absolute atomic E-state index is 0.108. The second kappa shape index (κ2) is 6.52. The number of para-hydroxylation sites is 1. The number of esters is 1. The number of ether oxygens (including phenoxy) is 2. The molecule has 1 aliphatic carbocycles. The van der Waals surface area contributed by atoms with Crippen LogP contribution in [0.15, 0.2) is 54.6 Å². The number of carbonyl (C=O) groups excluding carboxylic acids is 1. The van der Waals surface area contributed by atoms with Crippen molar-refractivity contribution in [2.75, 3.05) is 6.61 Å². The highest BCUT2D eigenvalue weighted by Crippen LogP contribution is 2.37. The summed E-state index contributed by atoms with van der Waals surface area (Å²) in [6.45, 7) is 6.45. The first kappa shape index (κ1) is 16.3. The highest BCUT2D eigenvalue weighted by atomic mass is 16.6. The number of allylic oxidation sites excluding steroid dienone is 2. The van der Waals surface area contributed by atoms with E-state index >= 15 is 0 Å². The molecule has 124 valence electrons. The largest absolute Gasteiger partial charge is 0.482 e. The molecular formula is C21H22O3. The first-order chi connectivity index (χ1) is 11.4. The molecule has 0 unspecified atom stereocenters. The van der Waals surface area contributed by atoms with Crippen LogP contribution in [0.1, 0.15) is 31.9 Å². The van der Waals surface area contributed by atoms with Crippen LogP contribution in [0.5, 0.6) is 11.5 Å². The number of benzene rings is 2. The molecule has 0 amide bonds. The molecule has 3 heteroatoms. The van der Waals surface area contributed by atoms with Crippen molar-refractivity contribution in [3.05, 3.63) is 65.7 Å². The van der Waals surface area contributed by atoms with Crippen LogP contribution in [0.3, 0.4) is 0 Å². The maximum absolute atomic E-state index is 12.0. The van der Waals surface area contributed by atoms with Gasteiger partial charge in [-0.25, -0.2) is 4.79 Å². The second-order valence-electron chi connectivity index (χ2n) is 6.89. The van der Waals surface area contributed by atoms with Crippen LogP contribution in [0.4, 0.5) is 0 Å². The Balaban J connectivity index is 1.66. The topological polar surface area (TPSA) is 35.5 Å². The monoisotopic (exact) mass is 322 g/mol. The molecule has 0 saturated carbocycles. The molecule has 24 heavy (non-hydrogen) atoms. The summed E-state index contributed by atoms with van der Waals surface area (Å²) in [6, 6.07) is 15.1. The molecular weight excluding hydrogens is 300 g/mol. The van der Waals surface area contributed by atoms with Crippen molar-refractivity contribution in [1.82, 2.24) is 0 Å². The molecule has 0 atom stereocenters. The summed E-state index contributed by atoms with van der Waals surface area (Å²) in [4.78, 5) is 12.0. The maximum atomic E-state index is 12.0. The molecule has 2 aromatic rings. The third-order valence-corrected chi connectivity index (χ3v) is 4.09. The van der Waals surface area contributed by atoms with Gasteiger partial charge in [0.25, 0.3) is 0 Å². The average Bonchev–Trinajstić information content (AvgIpc) is 2.54. The Kier molecular flexibility index (Phi) is 4.43. The zero-order valence-electron chi connectivity index (χ0n) is 14.3. The van der Waals surface area contributed by atoms with E-state index < -0.39 is 5.97 Å². The third-order valence-electron chi connectivity index (χ3n) is 4.09. The van der Waals surface area contributed by atoms with Gasteiger partial charge in [0, 0.05) is 0 Å². The van der Waals surface area contributed by atoms with E-state index in [0.29, 0.717) is 11.5 Å². The Hall–Kier alpha value is -2.55. The molecule has 3 nitrogen and oxygen atoms in total. The summed E-state index contributed by atoms with van der Waals surface area (Å²) >= 11 is 0. The standard InChI is InChI=1S/C21H22O3/c1-15-12-21(2,3)13-16-9-10-18(11-19(15)16)24-20(22)14-23-17-7-5-4-6-8-17/h4-12H,13-14H2,1-3H3. The number of hydrogen-bond acceptors (Lipinski definition) is 3. The lowest BCUT2D eigenvalue weighted by atomic mass is 9.76. The average molecular weight is 322 g/mol. The molecule has 1 aliphatic rings. The molecule has 0 fully saturated rings. The van der Waals surface area contributed by atoms with Gasteiger partial charge in [-0.05, 0) is 59.7 Å². The van der Waals surface area contributed by atoms with E-state index in [-0.39, 0.29) is 12.0 Å². The minimum Gasteiger partial charge on any atom is -0.482 e. The van der Waals surface area contributed by atoms with Gasteiger partial charge >= 0.3 is 5.97 Å². The van der Waals surface area contributed by atoms with E-state index in [9.17, 15) is 4.79 Å². The van der Waals surface area contributed by atoms with E-state index in [0.717, 1.165) is 12.0 Å². The number of fused-ring (bicyclic) bond motifs is 1. The quantitative estimate of drug-likeness (QED) is 0.607. The molecule has 0 saturated heterocycles. The van der Waals surface area contributed by atoms with Gasteiger partial charge in [-0.3, -0.25) is 0 Å². The van der Waals surface area contributed by atoms with Gasteiger partial charge < -0.3 is 9.47 Å².